The van der Waals surface area contributed by atoms with Crippen molar-refractivity contribution in [1.29, 1.82) is 0 Å². The lowest BCUT2D eigenvalue weighted by atomic mass is 10.1. The van der Waals surface area contributed by atoms with E-state index in [-0.39, 0.29) is 11.8 Å². The molecule has 0 amide bonds. The summed E-state index contributed by atoms with van der Waals surface area (Å²) < 4.78 is 32.3. The van der Waals surface area contributed by atoms with Crippen LogP contribution in [-0.2, 0) is 10.0 Å². The number of hydrogen-bond acceptors (Lipinski definition) is 4. The zero-order chi connectivity index (χ0) is 14.6. The van der Waals surface area contributed by atoms with Gasteiger partial charge in [-0.3, -0.25) is 4.72 Å². The van der Waals surface area contributed by atoms with Gasteiger partial charge in [-0.1, -0.05) is 12.5 Å². The van der Waals surface area contributed by atoms with Crippen molar-refractivity contribution in [2.75, 3.05) is 24.1 Å². The highest BCUT2D eigenvalue weighted by atomic mass is 32.2. The Kier molecular flexibility index (Phi) is 4.88. The molecule has 20 heavy (non-hydrogen) atoms. The quantitative estimate of drug-likeness (QED) is 0.871. The molecule has 1 atom stereocenters. The summed E-state index contributed by atoms with van der Waals surface area (Å²) in [5.74, 6) is 0.639. The molecule has 1 fully saturated rings. The van der Waals surface area contributed by atoms with Crippen molar-refractivity contribution in [3.05, 3.63) is 23.8 Å². The molecule has 1 aromatic rings. The van der Waals surface area contributed by atoms with Crippen LogP contribution in [0.3, 0.4) is 0 Å². The first kappa shape index (κ1) is 15.1. The highest BCUT2D eigenvalue weighted by molar-refractivity contribution is 7.92. The second-order valence-electron chi connectivity index (χ2n) is 5.23. The summed E-state index contributed by atoms with van der Waals surface area (Å²) in [5, 5.41) is 3.25. The highest BCUT2D eigenvalue weighted by Crippen LogP contribution is 2.26. The molecule has 5 nitrogen and oxygen atoms in total. The van der Waals surface area contributed by atoms with Crippen LogP contribution in [0, 0.1) is 6.92 Å². The van der Waals surface area contributed by atoms with Crippen molar-refractivity contribution in [3.63, 3.8) is 0 Å². The summed E-state index contributed by atoms with van der Waals surface area (Å²) in [5.41, 5.74) is 1.49. The molecular formula is C14H22N2O3S. The number of piperidine rings is 1. The molecule has 0 bridgehead atoms. The first-order valence-electron chi connectivity index (χ1n) is 6.89. The fourth-order valence-electron chi connectivity index (χ4n) is 2.44. The van der Waals surface area contributed by atoms with Crippen LogP contribution < -0.4 is 14.8 Å². The molecular weight excluding hydrogens is 276 g/mol. The minimum atomic E-state index is -3.38. The van der Waals surface area contributed by atoms with E-state index >= 15 is 0 Å². The Balaban J connectivity index is 2.09. The molecule has 0 aliphatic carbocycles. The zero-order valence-electron chi connectivity index (χ0n) is 12.0. The van der Waals surface area contributed by atoms with Gasteiger partial charge in [0.25, 0.3) is 0 Å². The second kappa shape index (κ2) is 6.45. The molecule has 1 aliphatic heterocycles. The maximum atomic E-state index is 12.2. The van der Waals surface area contributed by atoms with Crippen LogP contribution in [0.1, 0.15) is 24.8 Å². The van der Waals surface area contributed by atoms with Crippen LogP contribution >= 0.6 is 0 Å². The van der Waals surface area contributed by atoms with E-state index in [1.165, 1.54) is 7.11 Å². The molecule has 0 saturated carbocycles. The molecule has 0 aromatic heterocycles. The number of methoxy groups -OCH3 is 1. The lowest BCUT2D eigenvalue weighted by Gasteiger charge is -2.23. The number of nitrogens with one attached hydrogen (secondary N) is 2. The van der Waals surface area contributed by atoms with E-state index in [2.05, 4.69) is 10.0 Å². The van der Waals surface area contributed by atoms with Gasteiger partial charge in [0.15, 0.2) is 0 Å². The predicted molar refractivity (Wildman–Crippen MR) is 80.8 cm³/mol. The van der Waals surface area contributed by atoms with E-state index in [0.717, 1.165) is 31.4 Å². The second-order valence-corrected chi connectivity index (χ2v) is 7.00. The minimum absolute atomic E-state index is 0.0389. The molecule has 0 spiro atoms. The molecule has 2 rings (SSSR count). The average molecular weight is 298 g/mol. The minimum Gasteiger partial charge on any atom is -0.495 e. The molecule has 2 N–H and O–H groups in total. The van der Waals surface area contributed by atoms with Crippen LogP contribution in [0.4, 0.5) is 5.69 Å². The van der Waals surface area contributed by atoms with Crippen molar-refractivity contribution in [2.24, 2.45) is 0 Å². The summed E-state index contributed by atoms with van der Waals surface area (Å²) in [4.78, 5) is 0. The Labute approximate surface area is 120 Å². The SMILES string of the molecule is COc1ccc(C)cc1NS(=O)(=O)CC1CCCCN1. The fraction of sp³-hybridized carbons (Fsp3) is 0.571. The van der Waals surface area contributed by atoms with Gasteiger partial charge in [-0.25, -0.2) is 8.42 Å². The summed E-state index contributed by atoms with van der Waals surface area (Å²) >= 11 is 0. The fourth-order valence-corrected chi connectivity index (χ4v) is 3.83. The lowest BCUT2D eigenvalue weighted by molar-refractivity contribution is 0.416. The monoisotopic (exact) mass is 298 g/mol. The number of hydrogen-bond donors (Lipinski definition) is 2. The number of ether oxygens (including phenoxy) is 1. The predicted octanol–water partition coefficient (Wildman–Crippen LogP) is 1.89. The van der Waals surface area contributed by atoms with Gasteiger partial charge in [-0.2, -0.15) is 0 Å². The van der Waals surface area contributed by atoms with Crippen molar-refractivity contribution in [1.82, 2.24) is 5.32 Å². The molecule has 1 aromatic carbocycles. The van der Waals surface area contributed by atoms with Crippen LogP contribution in [0.15, 0.2) is 18.2 Å². The first-order chi connectivity index (χ1) is 9.50. The Morgan fingerprint density at radius 1 is 1.40 bits per heavy atom. The van der Waals surface area contributed by atoms with Gasteiger partial charge in [0, 0.05) is 6.04 Å². The molecule has 112 valence electrons. The third-order valence-corrected chi connectivity index (χ3v) is 4.83. The normalized spacial score (nSPS) is 19.6. The first-order valence-corrected chi connectivity index (χ1v) is 8.54. The van der Waals surface area contributed by atoms with Gasteiger partial charge in [-0.05, 0) is 44.0 Å². The van der Waals surface area contributed by atoms with Crippen molar-refractivity contribution < 1.29 is 13.2 Å². The largest absolute Gasteiger partial charge is 0.495 e. The smallest absolute Gasteiger partial charge is 0.234 e. The summed E-state index contributed by atoms with van der Waals surface area (Å²) in [6.45, 7) is 2.81. The summed E-state index contributed by atoms with van der Waals surface area (Å²) in [7, 11) is -1.84. The van der Waals surface area contributed by atoms with Crippen molar-refractivity contribution >= 4 is 15.7 Å². The van der Waals surface area contributed by atoms with Gasteiger partial charge in [0.2, 0.25) is 10.0 Å². The molecule has 1 saturated heterocycles. The zero-order valence-corrected chi connectivity index (χ0v) is 12.8. The average Bonchev–Trinajstić information content (AvgIpc) is 2.39. The number of benzene rings is 1. The number of sulfonamides is 1. The molecule has 1 unspecified atom stereocenters. The third-order valence-electron chi connectivity index (χ3n) is 3.45. The Bertz CT molecular complexity index is 552. The maximum Gasteiger partial charge on any atom is 0.234 e. The van der Waals surface area contributed by atoms with E-state index < -0.39 is 10.0 Å². The molecule has 1 aliphatic rings. The Morgan fingerprint density at radius 2 is 2.20 bits per heavy atom. The van der Waals surface area contributed by atoms with E-state index in [1.807, 2.05) is 13.0 Å². The van der Waals surface area contributed by atoms with Crippen LogP contribution in [-0.4, -0.2) is 33.9 Å². The van der Waals surface area contributed by atoms with Gasteiger partial charge in [-0.15, -0.1) is 0 Å². The Hall–Kier alpha value is -1.27. The van der Waals surface area contributed by atoms with Crippen LogP contribution in [0.25, 0.3) is 0 Å². The molecule has 0 radical (unpaired) electrons. The molecule has 1 heterocycles. The number of anilines is 1. The van der Waals surface area contributed by atoms with Crippen molar-refractivity contribution in [3.8, 4) is 5.75 Å². The van der Waals surface area contributed by atoms with Crippen molar-refractivity contribution in [2.45, 2.75) is 32.2 Å². The lowest BCUT2D eigenvalue weighted by Crippen LogP contribution is -2.40. The Morgan fingerprint density at radius 3 is 2.85 bits per heavy atom. The van der Waals surface area contributed by atoms with E-state index in [4.69, 9.17) is 4.74 Å². The van der Waals surface area contributed by atoms with Gasteiger partial charge >= 0.3 is 0 Å². The molecule has 6 heteroatoms. The highest BCUT2D eigenvalue weighted by Gasteiger charge is 2.21. The van der Waals surface area contributed by atoms with Crippen LogP contribution in [0.5, 0.6) is 5.75 Å². The van der Waals surface area contributed by atoms with E-state index in [0.29, 0.717) is 11.4 Å². The van der Waals surface area contributed by atoms with Gasteiger partial charge < -0.3 is 10.1 Å². The summed E-state index contributed by atoms with van der Waals surface area (Å²) in [6, 6.07) is 5.48. The number of rotatable bonds is 5. The van der Waals surface area contributed by atoms with E-state index in [1.54, 1.807) is 12.1 Å². The number of aryl methyl sites for hydroxylation is 1. The maximum absolute atomic E-state index is 12.2. The van der Waals surface area contributed by atoms with E-state index in [9.17, 15) is 8.42 Å². The summed E-state index contributed by atoms with van der Waals surface area (Å²) in [6.07, 6.45) is 3.11. The van der Waals surface area contributed by atoms with Gasteiger partial charge in [0.05, 0.1) is 18.6 Å². The standard InChI is InChI=1S/C14H22N2O3S/c1-11-6-7-14(19-2)13(9-11)16-20(17,18)10-12-5-3-4-8-15-12/h6-7,9,12,15-16H,3-5,8,10H2,1-2H3. The van der Waals surface area contributed by atoms with Crippen LogP contribution in [0.2, 0.25) is 0 Å². The third kappa shape index (κ3) is 4.11. The topological polar surface area (TPSA) is 67.4 Å². The van der Waals surface area contributed by atoms with Gasteiger partial charge in [0.1, 0.15) is 5.75 Å².